The highest BCUT2D eigenvalue weighted by Crippen LogP contribution is 2.26. The second-order valence-corrected chi connectivity index (χ2v) is 3.93. The van der Waals surface area contributed by atoms with Gasteiger partial charge in [0.15, 0.2) is 0 Å². The molecule has 4 heteroatoms. The summed E-state index contributed by atoms with van der Waals surface area (Å²) in [4.78, 5) is 12.5. The Morgan fingerprint density at radius 2 is 2.31 bits per heavy atom. The Morgan fingerprint density at radius 1 is 1.69 bits per heavy atom. The van der Waals surface area contributed by atoms with Gasteiger partial charge in [-0.05, 0) is 30.9 Å². The van der Waals surface area contributed by atoms with E-state index in [1.807, 2.05) is 18.4 Å². The zero-order chi connectivity index (χ0) is 10.0. The summed E-state index contributed by atoms with van der Waals surface area (Å²) in [7, 11) is 1.80. The number of hydrogen-bond acceptors (Lipinski definition) is 3. The lowest BCUT2D eigenvalue weighted by molar-refractivity contribution is -0.138. The van der Waals surface area contributed by atoms with Crippen LogP contribution in [-0.2, 0) is 4.79 Å². The lowest BCUT2D eigenvalue weighted by atomic mass is 10.3. The summed E-state index contributed by atoms with van der Waals surface area (Å²) in [6.07, 6.45) is 0. The normalized spacial score (nSPS) is 12.5. The molecule has 0 aliphatic rings. The highest BCUT2D eigenvalue weighted by atomic mass is 32.1. The van der Waals surface area contributed by atoms with Crippen LogP contribution in [0.5, 0.6) is 0 Å². The smallest absolute Gasteiger partial charge is 0.326 e. The fraction of sp³-hybridized carbons (Fsp3) is 0.444. The lowest BCUT2D eigenvalue weighted by Gasteiger charge is -2.22. The fourth-order valence-electron chi connectivity index (χ4n) is 1.07. The molecule has 0 radical (unpaired) electrons. The van der Waals surface area contributed by atoms with E-state index in [0.717, 1.165) is 10.6 Å². The molecule has 1 aromatic rings. The number of carboxylic acid groups (broad SMARTS) is 1. The number of hydrogen-bond donors (Lipinski definition) is 1. The standard InChI is InChI=1S/C9H13NO2S/c1-6-4-5-13-8(6)10(3)7(2)9(11)12/h4-5,7H,1-3H3,(H,11,12). The molecular formula is C9H13NO2S. The molecule has 1 N–H and O–H groups in total. The number of carboxylic acids is 1. The SMILES string of the molecule is Cc1ccsc1N(C)C(C)C(=O)O. The predicted octanol–water partition coefficient (Wildman–Crippen LogP) is 1.97. The monoisotopic (exact) mass is 199 g/mol. The van der Waals surface area contributed by atoms with Gasteiger partial charge in [0.05, 0.1) is 5.00 Å². The molecule has 1 aromatic heterocycles. The summed E-state index contributed by atoms with van der Waals surface area (Å²) in [5.74, 6) is -0.796. The quantitative estimate of drug-likeness (QED) is 0.809. The van der Waals surface area contributed by atoms with Crippen molar-refractivity contribution in [1.29, 1.82) is 0 Å². The van der Waals surface area contributed by atoms with E-state index in [1.165, 1.54) is 0 Å². The average Bonchev–Trinajstić information content (AvgIpc) is 2.48. The number of anilines is 1. The van der Waals surface area contributed by atoms with Gasteiger partial charge in [0, 0.05) is 7.05 Å². The molecule has 1 unspecified atom stereocenters. The maximum Gasteiger partial charge on any atom is 0.326 e. The van der Waals surface area contributed by atoms with E-state index in [9.17, 15) is 4.79 Å². The molecule has 0 saturated heterocycles. The Bertz CT molecular complexity index is 308. The minimum atomic E-state index is -0.796. The van der Waals surface area contributed by atoms with Gasteiger partial charge in [-0.3, -0.25) is 0 Å². The molecule has 0 aliphatic carbocycles. The van der Waals surface area contributed by atoms with Crippen molar-refractivity contribution in [2.24, 2.45) is 0 Å². The van der Waals surface area contributed by atoms with E-state index in [4.69, 9.17) is 5.11 Å². The molecule has 1 atom stereocenters. The van der Waals surface area contributed by atoms with Crippen LogP contribution in [0, 0.1) is 6.92 Å². The van der Waals surface area contributed by atoms with Crippen LogP contribution in [0.15, 0.2) is 11.4 Å². The summed E-state index contributed by atoms with van der Waals surface area (Å²) in [6, 6.07) is 1.52. The topological polar surface area (TPSA) is 40.5 Å². The van der Waals surface area contributed by atoms with Crippen LogP contribution in [-0.4, -0.2) is 24.2 Å². The Morgan fingerprint density at radius 3 is 2.69 bits per heavy atom. The number of thiophene rings is 1. The average molecular weight is 199 g/mol. The van der Waals surface area contributed by atoms with Crippen molar-refractivity contribution in [2.75, 3.05) is 11.9 Å². The van der Waals surface area contributed by atoms with Gasteiger partial charge >= 0.3 is 5.97 Å². The summed E-state index contributed by atoms with van der Waals surface area (Å²) < 4.78 is 0. The zero-order valence-electron chi connectivity index (χ0n) is 7.94. The van der Waals surface area contributed by atoms with Crippen LogP contribution < -0.4 is 4.90 Å². The molecule has 13 heavy (non-hydrogen) atoms. The van der Waals surface area contributed by atoms with E-state index in [2.05, 4.69) is 0 Å². The van der Waals surface area contributed by atoms with Crippen molar-refractivity contribution in [1.82, 2.24) is 0 Å². The van der Waals surface area contributed by atoms with E-state index in [1.54, 1.807) is 30.2 Å². The lowest BCUT2D eigenvalue weighted by Crippen LogP contribution is -2.35. The molecule has 1 rings (SSSR count). The molecule has 0 saturated carbocycles. The third kappa shape index (κ3) is 2.01. The van der Waals surface area contributed by atoms with Gasteiger partial charge < -0.3 is 10.0 Å². The first-order valence-corrected chi connectivity index (χ1v) is 4.91. The van der Waals surface area contributed by atoms with Gasteiger partial charge in [-0.25, -0.2) is 4.79 Å². The van der Waals surface area contributed by atoms with Crippen molar-refractivity contribution in [2.45, 2.75) is 19.9 Å². The van der Waals surface area contributed by atoms with Crippen LogP contribution >= 0.6 is 11.3 Å². The maximum atomic E-state index is 10.7. The maximum absolute atomic E-state index is 10.7. The largest absolute Gasteiger partial charge is 0.480 e. The number of likely N-dealkylation sites (N-methyl/N-ethyl adjacent to an activating group) is 1. The highest BCUT2D eigenvalue weighted by Gasteiger charge is 2.18. The van der Waals surface area contributed by atoms with Crippen LogP contribution in [0.3, 0.4) is 0 Å². The number of nitrogens with zero attached hydrogens (tertiary/aromatic N) is 1. The van der Waals surface area contributed by atoms with Crippen molar-refractivity contribution < 1.29 is 9.90 Å². The molecule has 0 amide bonds. The van der Waals surface area contributed by atoms with Gasteiger partial charge in [-0.2, -0.15) is 0 Å². The van der Waals surface area contributed by atoms with Gasteiger partial charge in [0.25, 0.3) is 0 Å². The van der Waals surface area contributed by atoms with Gasteiger partial charge in [-0.1, -0.05) is 0 Å². The van der Waals surface area contributed by atoms with Crippen LogP contribution in [0.1, 0.15) is 12.5 Å². The molecule has 0 spiro atoms. The van der Waals surface area contributed by atoms with Gasteiger partial charge in [0.1, 0.15) is 6.04 Å². The van der Waals surface area contributed by atoms with Crippen LogP contribution in [0.4, 0.5) is 5.00 Å². The number of rotatable bonds is 3. The summed E-state index contributed by atoms with van der Waals surface area (Å²) in [5, 5.41) is 11.8. The van der Waals surface area contributed by atoms with E-state index < -0.39 is 12.0 Å². The summed E-state index contributed by atoms with van der Waals surface area (Å²) in [6.45, 7) is 3.67. The minimum absolute atomic E-state index is 0.475. The number of carbonyl (C=O) groups is 1. The van der Waals surface area contributed by atoms with E-state index in [-0.39, 0.29) is 0 Å². The predicted molar refractivity (Wildman–Crippen MR) is 54.6 cm³/mol. The summed E-state index contributed by atoms with van der Waals surface area (Å²) >= 11 is 1.57. The fourth-order valence-corrected chi connectivity index (χ4v) is 2.05. The first-order chi connectivity index (χ1) is 6.04. The zero-order valence-corrected chi connectivity index (χ0v) is 8.76. The first kappa shape index (κ1) is 10.1. The molecule has 1 heterocycles. The molecule has 72 valence electrons. The Hall–Kier alpha value is -1.03. The molecule has 0 fully saturated rings. The second kappa shape index (κ2) is 3.79. The third-order valence-corrected chi connectivity index (χ3v) is 3.20. The van der Waals surface area contributed by atoms with Crippen molar-refractivity contribution in [3.8, 4) is 0 Å². The molecule has 0 bridgehead atoms. The molecule has 0 aliphatic heterocycles. The van der Waals surface area contributed by atoms with Crippen LogP contribution in [0.25, 0.3) is 0 Å². The molecule has 3 nitrogen and oxygen atoms in total. The third-order valence-electron chi connectivity index (χ3n) is 2.09. The van der Waals surface area contributed by atoms with E-state index in [0.29, 0.717) is 0 Å². The second-order valence-electron chi connectivity index (χ2n) is 3.03. The van der Waals surface area contributed by atoms with Crippen molar-refractivity contribution in [3.05, 3.63) is 17.0 Å². The first-order valence-electron chi connectivity index (χ1n) is 4.03. The summed E-state index contributed by atoms with van der Waals surface area (Å²) in [5.41, 5.74) is 1.13. The van der Waals surface area contributed by atoms with Crippen LogP contribution in [0.2, 0.25) is 0 Å². The Labute approximate surface area is 81.6 Å². The molecule has 0 aromatic carbocycles. The molecular weight excluding hydrogens is 186 g/mol. The minimum Gasteiger partial charge on any atom is -0.480 e. The van der Waals surface area contributed by atoms with E-state index >= 15 is 0 Å². The van der Waals surface area contributed by atoms with Crippen molar-refractivity contribution >= 4 is 22.3 Å². The Kier molecular flexibility index (Phi) is 2.93. The Balaban J connectivity index is 2.85. The number of aryl methyl sites for hydroxylation is 1. The van der Waals surface area contributed by atoms with Gasteiger partial charge in [-0.15, -0.1) is 11.3 Å². The highest BCUT2D eigenvalue weighted by molar-refractivity contribution is 7.14. The van der Waals surface area contributed by atoms with Gasteiger partial charge in [0.2, 0.25) is 0 Å². The van der Waals surface area contributed by atoms with Crippen molar-refractivity contribution in [3.63, 3.8) is 0 Å². The number of aliphatic carboxylic acids is 1.